The van der Waals surface area contributed by atoms with Crippen LogP contribution in [0.5, 0.6) is 0 Å². The molecule has 0 spiro atoms. The SMILES string of the molecule is NC(=O)C1CNCCN1Cc1cncc(Br)c1. The fourth-order valence-corrected chi connectivity index (χ4v) is 2.41. The number of amides is 1. The van der Waals surface area contributed by atoms with Gasteiger partial charge >= 0.3 is 0 Å². The average molecular weight is 299 g/mol. The Morgan fingerprint density at radius 2 is 2.47 bits per heavy atom. The molecule has 3 N–H and O–H groups in total. The van der Waals surface area contributed by atoms with Gasteiger partial charge in [0, 0.05) is 43.0 Å². The van der Waals surface area contributed by atoms with Crippen LogP contribution in [0.25, 0.3) is 0 Å². The third kappa shape index (κ3) is 3.24. The third-order valence-corrected chi connectivity index (χ3v) is 3.26. The maximum absolute atomic E-state index is 11.3. The van der Waals surface area contributed by atoms with Gasteiger partial charge in [0.2, 0.25) is 5.91 Å². The van der Waals surface area contributed by atoms with Crippen LogP contribution in [0.15, 0.2) is 22.9 Å². The van der Waals surface area contributed by atoms with Gasteiger partial charge in [0.1, 0.15) is 6.04 Å². The van der Waals surface area contributed by atoms with Crippen LogP contribution in [0.4, 0.5) is 0 Å². The van der Waals surface area contributed by atoms with Crippen LogP contribution in [0.2, 0.25) is 0 Å². The highest BCUT2D eigenvalue weighted by Gasteiger charge is 2.26. The molecule has 2 heterocycles. The van der Waals surface area contributed by atoms with Crippen molar-refractivity contribution in [1.29, 1.82) is 0 Å². The summed E-state index contributed by atoms with van der Waals surface area (Å²) in [4.78, 5) is 17.5. The van der Waals surface area contributed by atoms with Crippen LogP contribution in [-0.2, 0) is 11.3 Å². The first-order valence-corrected chi connectivity index (χ1v) is 6.29. The molecule has 0 aliphatic carbocycles. The minimum absolute atomic E-state index is 0.234. The highest BCUT2D eigenvalue weighted by molar-refractivity contribution is 9.10. The molecule has 0 bridgehead atoms. The number of rotatable bonds is 3. The first kappa shape index (κ1) is 12.5. The van der Waals surface area contributed by atoms with Crippen LogP contribution >= 0.6 is 15.9 Å². The van der Waals surface area contributed by atoms with Gasteiger partial charge in [-0.3, -0.25) is 14.7 Å². The number of halogens is 1. The van der Waals surface area contributed by atoms with Gasteiger partial charge < -0.3 is 11.1 Å². The number of nitrogens with two attached hydrogens (primary N) is 1. The molecule has 0 saturated carbocycles. The number of nitrogens with zero attached hydrogens (tertiary/aromatic N) is 2. The number of aromatic nitrogens is 1. The number of carbonyl (C=O) groups excluding carboxylic acids is 1. The zero-order valence-corrected chi connectivity index (χ0v) is 11.0. The highest BCUT2D eigenvalue weighted by atomic mass is 79.9. The molecule has 1 saturated heterocycles. The molecule has 0 radical (unpaired) electrons. The molecule has 1 aliphatic rings. The quantitative estimate of drug-likeness (QED) is 0.830. The van der Waals surface area contributed by atoms with E-state index in [1.54, 1.807) is 6.20 Å². The Bertz CT molecular complexity index is 412. The van der Waals surface area contributed by atoms with E-state index in [0.29, 0.717) is 13.1 Å². The Kier molecular flexibility index (Phi) is 4.09. The predicted molar refractivity (Wildman–Crippen MR) is 68.2 cm³/mol. The van der Waals surface area contributed by atoms with Crippen molar-refractivity contribution in [3.63, 3.8) is 0 Å². The number of hydrogen-bond donors (Lipinski definition) is 2. The van der Waals surface area contributed by atoms with Crippen LogP contribution in [0.1, 0.15) is 5.56 Å². The molecule has 92 valence electrons. The van der Waals surface area contributed by atoms with E-state index in [4.69, 9.17) is 5.73 Å². The Balaban J connectivity index is 2.08. The summed E-state index contributed by atoms with van der Waals surface area (Å²) in [5, 5.41) is 3.18. The van der Waals surface area contributed by atoms with Gasteiger partial charge in [-0.25, -0.2) is 0 Å². The Labute approximate surface area is 109 Å². The van der Waals surface area contributed by atoms with E-state index in [1.165, 1.54) is 0 Å². The van der Waals surface area contributed by atoms with E-state index >= 15 is 0 Å². The second-order valence-corrected chi connectivity index (χ2v) is 5.02. The molecular weight excluding hydrogens is 284 g/mol. The van der Waals surface area contributed by atoms with Crippen molar-refractivity contribution in [2.24, 2.45) is 5.73 Å². The molecule has 2 rings (SSSR count). The lowest BCUT2D eigenvalue weighted by atomic mass is 10.1. The lowest BCUT2D eigenvalue weighted by Gasteiger charge is -2.34. The molecule has 1 atom stereocenters. The fraction of sp³-hybridized carbons (Fsp3) is 0.455. The van der Waals surface area contributed by atoms with Crippen LogP contribution in [0.3, 0.4) is 0 Å². The second-order valence-electron chi connectivity index (χ2n) is 4.10. The summed E-state index contributed by atoms with van der Waals surface area (Å²) in [6, 6.07) is 1.77. The molecule has 1 aliphatic heterocycles. The molecule has 1 unspecified atom stereocenters. The van der Waals surface area contributed by atoms with E-state index < -0.39 is 0 Å². The largest absolute Gasteiger partial charge is 0.368 e. The lowest BCUT2D eigenvalue weighted by Crippen LogP contribution is -2.56. The highest BCUT2D eigenvalue weighted by Crippen LogP contribution is 2.14. The molecule has 1 amide bonds. The fourth-order valence-electron chi connectivity index (χ4n) is 1.99. The molecule has 1 fully saturated rings. The van der Waals surface area contributed by atoms with Crippen LogP contribution < -0.4 is 11.1 Å². The van der Waals surface area contributed by atoms with Crippen molar-refractivity contribution in [3.8, 4) is 0 Å². The first-order chi connectivity index (χ1) is 8.16. The van der Waals surface area contributed by atoms with E-state index in [2.05, 4.69) is 31.1 Å². The van der Waals surface area contributed by atoms with Crippen molar-refractivity contribution in [2.75, 3.05) is 19.6 Å². The molecular formula is C11H15BrN4O. The summed E-state index contributed by atoms with van der Waals surface area (Å²) in [6.45, 7) is 3.02. The number of hydrogen-bond acceptors (Lipinski definition) is 4. The number of pyridine rings is 1. The zero-order valence-electron chi connectivity index (χ0n) is 9.40. The average Bonchev–Trinajstić information content (AvgIpc) is 2.29. The minimum atomic E-state index is -0.278. The van der Waals surface area contributed by atoms with Crippen molar-refractivity contribution in [3.05, 3.63) is 28.5 Å². The number of piperazine rings is 1. The first-order valence-electron chi connectivity index (χ1n) is 5.50. The van der Waals surface area contributed by atoms with E-state index in [-0.39, 0.29) is 11.9 Å². The van der Waals surface area contributed by atoms with Gasteiger partial charge in [0.25, 0.3) is 0 Å². The van der Waals surface area contributed by atoms with Crippen molar-refractivity contribution in [2.45, 2.75) is 12.6 Å². The zero-order chi connectivity index (χ0) is 12.3. The van der Waals surface area contributed by atoms with Crippen LogP contribution in [0, 0.1) is 0 Å². The second kappa shape index (κ2) is 5.57. The predicted octanol–water partition coefficient (Wildman–Crippen LogP) is 0.103. The van der Waals surface area contributed by atoms with Crippen molar-refractivity contribution < 1.29 is 4.79 Å². The molecule has 1 aromatic heterocycles. The van der Waals surface area contributed by atoms with Gasteiger partial charge in [-0.15, -0.1) is 0 Å². The topological polar surface area (TPSA) is 71.2 Å². The van der Waals surface area contributed by atoms with Crippen molar-refractivity contribution >= 4 is 21.8 Å². The summed E-state index contributed by atoms with van der Waals surface area (Å²) in [6.07, 6.45) is 3.55. The molecule has 1 aromatic rings. The van der Waals surface area contributed by atoms with E-state index in [1.807, 2.05) is 12.3 Å². The number of nitrogens with one attached hydrogen (secondary N) is 1. The van der Waals surface area contributed by atoms with Crippen molar-refractivity contribution in [1.82, 2.24) is 15.2 Å². The summed E-state index contributed by atoms with van der Waals surface area (Å²) in [7, 11) is 0. The van der Waals surface area contributed by atoms with Gasteiger partial charge in [-0.2, -0.15) is 0 Å². The molecule has 5 nitrogen and oxygen atoms in total. The normalized spacial score (nSPS) is 21.4. The summed E-state index contributed by atoms with van der Waals surface area (Å²) in [5.41, 5.74) is 6.47. The standard InChI is InChI=1S/C11H15BrN4O/c12-9-3-8(4-15-5-9)7-16-2-1-14-6-10(16)11(13)17/h3-5,10,14H,1-2,6-7H2,(H2,13,17). The number of primary amides is 1. The minimum Gasteiger partial charge on any atom is -0.368 e. The van der Waals surface area contributed by atoms with Gasteiger partial charge in [-0.1, -0.05) is 0 Å². The van der Waals surface area contributed by atoms with Gasteiger partial charge in [0.05, 0.1) is 0 Å². The lowest BCUT2D eigenvalue weighted by molar-refractivity contribution is -0.124. The Morgan fingerprint density at radius 3 is 3.18 bits per heavy atom. The summed E-state index contributed by atoms with van der Waals surface area (Å²) in [5.74, 6) is -0.278. The molecule has 17 heavy (non-hydrogen) atoms. The molecule has 0 aromatic carbocycles. The van der Waals surface area contributed by atoms with Gasteiger partial charge in [0.15, 0.2) is 0 Å². The Hall–Kier alpha value is -0.980. The number of carbonyl (C=O) groups is 1. The van der Waals surface area contributed by atoms with E-state index in [0.717, 1.165) is 23.1 Å². The van der Waals surface area contributed by atoms with E-state index in [9.17, 15) is 4.79 Å². The monoisotopic (exact) mass is 298 g/mol. The summed E-state index contributed by atoms with van der Waals surface area (Å²) >= 11 is 3.39. The Morgan fingerprint density at radius 1 is 1.65 bits per heavy atom. The third-order valence-electron chi connectivity index (χ3n) is 2.83. The maximum atomic E-state index is 11.3. The maximum Gasteiger partial charge on any atom is 0.236 e. The van der Waals surface area contributed by atoms with Crippen LogP contribution in [-0.4, -0.2) is 41.5 Å². The summed E-state index contributed by atoms with van der Waals surface area (Å²) < 4.78 is 0.945. The smallest absolute Gasteiger partial charge is 0.236 e. The molecule has 6 heteroatoms. The van der Waals surface area contributed by atoms with Gasteiger partial charge in [-0.05, 0) is 27.6 Å².